The Morgan fingerprint density at radius 1 is 1.00 bits per heavy atom. The minimum atomic E-state index is -0.591. The Morgan fingerprint density at radius 2 is 1.76 bits per heavy atom. The molecule has 0 aliphatic carbocycles. The minimum Gasteiger partial charge on any atom is -0.452 e. The van der Waals surface area contributed by atoms with Crippen LogP contribution in [0.1, 0.15) is 15.9 Å². The third kappa shape index (κ3) is 4.01. The SMILES string of the molecule is Cc1ccccc1NC(=O)COC(=O)c1ccc2noc(-c3ccccc3)c2c1. The van der Waals surface area contributed by atoms with E-state index in [1.54, 1.807) is 24.3 Å². The summed E-state index contributed by atoms with van der Waals surface area (Å²) >= 11 is 0. The van der Waals surface area contributed by atoms with Crippen molar-refractivity contribution in [1.82, 2.24) is 5.16 Å². The molecule has 0 saturated carbocycles. The van der Waals surface area contributed by atoms with Crippen molar-refractivity contribution in [3.05, 3.63) is 83.9 Å². The van der Waals surface area contributed by atoms with Crippen molar-refractivity contribution in [3.8, 4) is 11.3 Å². The molecule has 0 bridgehead atoms. The lowest BCUT2D eigenvalue weighted by Crippen LogP contribution is -2.21. The van der Waals surface area contributed by atoms with Gasteiger partial charge in [0.25, 0.3) is 5.91 Å². The Morgan fingerprint density at radius 3 is 2.55 bits per heavy atom. The average Bonchev–Trinajstić information content (AvgIpc) is 3.17. The zero-order chi connectivity index (χ0) is 20.2. The Hall–Kier alpha value is -3.93. The Bertz CT molecular complexity index is 1180. The van der Waals surface area contributed by atoms with Crippen LogP contribution >= 0.6 is 0 Å². The molecule has 0 fully saturated rings. The number of fused-ring (bicyclic) bond motifs is 1. The molecule has 29 heavy (non-hydrogen) atoms. The number of ether oxygens (including phenoxy) is 1. The molecule has 0 aliphatic rings. The van der Waals surface area contributed by atoms with Crippen LogP contribution < -0.4 is 5.32 Å². The standard InChI is InChI=1S/C23H18N2O4/c1-15-7-5-6-10-19(15)24-21(26)14-28-23(27)17-11-12-20-18(13-17)22(29-25-20)16-8-3-2-4-9-16/h2-13H,14H2,1H3,(H,24,26). The second kappa shape index (κ2) is 7.98. The summed E-state index contributed by atoms with van der Waals surface area (Å²) in [6.07, 6.45) is 0. The van der Waals surface area contributed by atoms with E-state index in [1.165, 1.54) is 0 Å². The number of anilines is 1. The summed E-state index contributed by atoms with van der Waals surface area (Å²) in [5, 5.41) is 7.47. The molecule has 1 amide bonds. The Balaban J connectivity index is 1.47. The van der Waals surface area contributed by atoms with E-state index >= 15 is 0 Å². The first-order valence-electron chi connectivity index (χ1n) is 9.09. The van der Waals surface area contributed by atoms with Crippen molar-refractivity contribution in [2.24, 2.45) is 0 Å². The number of carbonyl (C=O) groups excluding carboxylic acids is 2. The van der Waals surface area contributed by atoms with E-state index < -0.39 is 11.9 Å². The van der Waals surface area contributed by atoms with Gasteiger partial charge in [-0.15, -0.1) is 0 Å². The zero-order valence-corrected chi connectivity index (χ0v) is 15.7. The second-order valence-electron chi connectivity index (χ2n) is 6.55. The van der Waals surface area contributed by atoms with Crippen molar-refractivity contribution < 1.29 is 18.8 Å². The predicted octanol–water partition coefficient (Wildman–Crippen LogP) is 4.60. The van der Waals surface area contributed by atoms with Gasteiger partial charge in [0, 0.05) is 11.3 Å². The molecule has 0 radical (unpaired) electrons. The van der Waals surface area contributed by atoms with Crippen LogP contribution in [0.4, 0.5) is 5.69 Å². The maximum Gasteiger partial charge on any atom is 0.338 e. The molecule has 1 heterocycles. The summed E-state index contributed by atoms with van der Waals surface area (Å²) in [6, 6.07) is 21.9. The number of rotatable bonds is 5. The summed E-state index contributed by atoms with van der Waals surface area (Å²) in [6.45, 7) is 1.51. The highest BCUT2D eigenvalue weighted by Gasteiger charge is 2.16. The van der Waals surface area contributed by atoms with Crippen LogP contribution in [0, 0.1) is 6.92 Å². The summed E-state index contributed by atoms with van der Waals surface area (Å²) in [4.78, 5) is 24.5. The molecule has 0 saturated heterocycles. The van der Waals surface area contributed by atoms with Gasteiger partial charge >= 0.3 is 5.97 Å². The van der Waals surface area contributed by atoms with Crippen LogP contribution in [0.3, 0.4) is 0 Å². The average molecular weight is 386 g/mol. The molecule has 4 aromatic rings. The van der Waals surface area contributed by atoms with Gasteiger partial charge in [0.2, 0.25) is 0 Å². The molecule has 3 aromatic carbocycles. The molecule has 0 spiro atoms. The largest absolute Gasteiger partial charge is 0.452 e. The van der Waals surface area contributed by atoms with Gasteiger partial charge in [-0.1, -0.05) is 53.7 Å². The van der Waals surface area contributed by atoms with Crippen LogP contribution in [0.15, 0.2) is 77.3 Å². The number of nitrogens with one attached hydrogen (secondary N) is 1. The molecule has 0 atom stereocenters. The van der Waals surface area contributed by atoms with Gasteiger partial charge in [0.05, 0.1) is 10.9 Å². The first-order chi connectivity index (χ1) is 14.1. The van der Waals surface area contributed by atoms with Crippen LogP contribution in [0.2, 0.25) is 0 Å². The Kier molecular flexibility index (Phi) is 5.07. The minimum absolute atomic E-state index is 0.321. The molecule has 6 nitrogen and oxygen atoms in total. The molecular formula is C23H18N2O4. The highest BCUT2D eigenvalue weighted by atomic mass is 16.5. The monoisotopic (exact) mass is 386 g/mol. The third-order valence-electron chi connectivity index (χ3n) is 4.50. The number of benzene rings is 3. The normalized spacial score (nSPS) is 10.7. The summed E-state index contributed by atoms with van der Waals surface area (Å²) < 4.78 is 10.6. The van der Waals surface area contributed by atoms with Gasteiger partial charge in [0.15, 0.2) is 12.4 Å². The van der Waals surface area contributed by atoms with Crippen LogP contribution in [-0.2, 0) is 9.53 Å². The molecule has 0 aliphatic heterocycles. The summed E-state index contributed by atoms with van der Waals surface area (Å²) in [5.74, 6) is -0.414. The fraction of sp³-hybridized carbons (Fsp3) is 0.0870. The lowest BCUT2D eigenvalue weighted by atomic mass is 10.1. The lowest BCUT2D eigenvalue weighted by molar-refractivity contribution is -0.119. The fourth-order valence-corrected chi connectivity index (χ4v) is 2.98. The van der Waals surface area contributed by atoms with E-state index in [0.717, 1.165) is 11.1 Å². The third-order valence-corrected chi connectivity index (χ3v) is 4.50. The molecule has 1 N–H and O–H groups in total. The topological polar surface area (TPSA) is 81.4 Å². The predicted molar refractivity (Wildman–Crippen MR) is 110 cm³/mol. The zero-order valence-electron chi connectivity index (χ0n) is 15.7. The van der Waals surface area contributed by atoms with Gasteiger partial charge in [-0.3, -0.25) is 4.79 Å². The second-order valence-corrected chi connectivity index (χ2v) is 6.55. The molecule has 6 heteroatoms. The van der Waals surface area contributed by atoms with E-state index in [4.69, 9.17) is 9.26 Å². The number of hydrogen-bond donors (Lipinski definition) is 1. The highest BCUT2D eigenvalue weighted by molar-refractivity contribution is 6.00. The van der Waals surface area contributed by atoms with Crippen LogP contribution in [0.25, 0.3) is 22.2 Å². The molecular weight excluding hydrogens is 368 g/mol. The lowest BCUT2D eigenvalue weighted by Gasteiger charge is -2.08. The summed E-state index contributed by atoms with van der Waals surface area (Å²) in [7, 11) is 0. The Labute approximate surface area is 167 Å². The maximum atomic E-state index is 12.4. The number of aryl methyl sites for hydroxylation is 1. The first-order valence-corrected chi connectivity index (χ1v) is 9.09. The fourth-order valence-electron chi connectivity index (χ4n) is 2.98. The van der Waals surface area contributed by atoms with E-state index in [1.807, 2.05) is 55.5 Å². The van der Waals surface area contributed by atoms with Gasteiger partial charge in [-0.2, -0.15) is 0 Å². The first kappa shape index (κ1) is 18.4. The van der Waals surface area contributed by atoms with Crippen molar-refractivity contribution in [2.45, 2.75) is 6.92 Å². The molecule has 1 aromatic heterocycles. The number of carbonyl (C=O) groups is 2. The van der Waals surface area contributed by atoms with Crippen molar-refractivity contribution >= 4 is 28.5 Å². The smallest absolute Gasteiger partial charge is 0.338 e. The number of aromatic nitrogens is 1. The van der Waals surface area contributed by atoms with Gasteiger partial charge in [-0.25, -0.2) is 4.79 Å². The van der Waals surface area contributed by atoms with Crippen molar-refractivity contribution in [3.63, 3.8) is 0 Å². The maximum absolute atomic E-state index is 12.4. The van der Waals surface area contributed by atoms with Crippen molar-refractivity contribution in [1.29, 1.82) is 0 Å². The summed E-state index contributed by atoms with van der Waals surface area (Å²) in [5.41, 5.74) is 3.43. The van der Waals surface area contributed by atoms with Crippen molar-refractivity contribution in [2.75, 3.05) is 11.9 Å². The molecule has 4 rings (SSSR count). The van der Waals surface area contributed by atoms with E-state index in [-0.39, 0.29) is 6.61 Å². The van der Waals surface area contributed by atoms with Gasteiger partial charge in [-0.05, 0) is 36.8 Å². The van der Waals surface area contributed by atoms with E-state index in [0.29, 0.717) is 27.9 Å². The number of nitrogens with zero attached hydrogens (tertiary/aromatic N) is 1. The van der Waals surface area contributed by atoms with E-state index in [9.17, 15) is 9.59 Å². The number of para-hydroxylation sites is 1. The van der Waals surface area contributed by atoms with Gasteiger partial charge in [0.1, 0.15) is 5.52 Å². The number of esters is 1. The van der Waals surface area contributed by atoms with Crippen LogP contribution in [0.5, 0.6) is 0 Å². The molecule has 144 valence electrons. The number of amides is 1. The number of hydrogen-bond acceptors (Lipinski definition) is 5. The van der Waals surface area contributed by atoms with Crippen LogP contribution in [-0.4, -0.2) is 23.6 Å². The van der Waals surface area contributed by atoms with E-state index in [2.05, 4.69) is 10.5 Å². The van der Waals surface area contributed by atoms with Gasteiger partial charge < -0.3 is 14.6 Å². The highest BCUT2D eigenvalue weighted by Crippen LogP contribution is 2.29. The quantitative estimate of drug-likeness (QED) is 0.507. The molecule has 0 unspecified atom stereocenters.